The number of carbonyl (C=O) groups excluding carboxylic acids is 2. The number of rotatable bonds is 6. The van der Waals surface area contributed by atoms with Gasteiger partial charge < -0.3 is 15.3 Å². The van der Waals surface area contributed by atoms with Gasteiger partial charge in [0.25, 0.3) is 5.91 Å². The number of carbonyl (C=O) groups is 3. The van der Waals surface area contributed by atoms with E-state index in [1.54, 1.807) is 24.3 Å². The van der Waals surface area contributed by atoms with E-state index in [0.29, 0.717) is 12.1 Å². The minimum atomic E-state index is -1.05. The predicted octanol–water partition coefficient (Wildman–Crippen LogP) is 0.869. The van der Waals surface area contributed by atoms with Crippen LogP contribution in [-0.2, 0) is 16.1 Å². The van der Waals surface area contributed by atoms with E-state index in [2.05, 4.69) is 5.32 Å². The van der Waals surface area contributed by atoms with E-state index >= 15 is 0 Å². The maximum atomic E-state index is 11.9. The second kappa shape index (κ2) is 6.39. The van der Waals surface area contributed by atoms with E-state index in [0.717, 1.165) is 23.3 Å². The van der Waals surface area contributed by atoms with Crippen molar-refractivity contribution in [2.45, 2.75) is 19.4 Å². The highest BCUT2D eigenvalue weighted by Crippen LogP contribution is 2.28. The molecular weight excluding hydrogens is 272 g/mol. The summed E-state index contributed by atoms with van der Waals surface area (Å²) < 4.78 is 0. The quantitative estimate of drug-likeness (QED) is 0.814. The lowest BCUT2D eigenvalue weighted by Gasteiger charge is -2.14. The van der Waals surface area contributed by atoms with Crippen LogP contribution in [0.15, 0.2) is 24.3 Å². The molecule has 0 unspecified atom stereocenters. The van der Waals surface area contributed by atoms with Gasteiger partial charge in [-0.1, -0.05) is 12.1 Å². The van der Waals surface area contributed by atoms with E-state index in [1.807, 2.05) is 0 Å². The van der Waals surface area contributed by atoms with Crippen molar-refractivity contribution < 1.29 is 19.5 Å². The smallest absolute Gasteiger partial charge is 0.323 e. The molecule has 21 heavy (non-hydrogen) atoms. The molecule has 0 aliphatic heterocycles. The average Bonchev–Trinajstić information content (AvgIpc) is 3.28. The van der Waals surface area contributed by atoms with Crippen molar-refractivity contribution in [1.29, 1.82) is 0 Å². The van der Waals surface area contributed by atoms with Crippen LogP contribution < -0.4 is 5.32 Å². The molecule has 0 aromatic heterocycles. The lowest BCUT2D eigenvalue weighted by atomic mass is 10.1. The molecule has 1 aromatic carbocycles. The molecule has 0 heterocycles. The Labute approximate surface area is 122 Å². The topological polar surface area (TPSA) is 86.7 Å². The molecule has 0 radical (unpaired) electrons. The first kappa shape index (κ1) is 15.0. The highest BCUT2D eigenvalue weighted by atomic mass is 16.4. The molecule has 0 saturated heterocycles. The first-order valence-corrected chi connectivity index (χ1v) is 6.81. The molecule has 6 nitrogen and oxygen atoms in total. The van der Waals surface area contributed by atoms with Gasteiger partial charge in [0, 0.05) is 25.1 Å². The molecule has 112 valence electrons. The van der Waals surface area contributed by atoms with E-state index in [1.165, 1.54) is 7.05 Å². The Bertz CT molecular complexity index is 549. The zero-order chi connectivity index (χ0) is 15.4. The molecule has 2 amide bonds. The van der Waals surface area contributed by atoms with Crippen LogP contribution in [0.1, 0.15) is 28.8 Å². The average molecular weight is 290 g/mol. The van der Waals surface area contributed by atoms with Gasteiger partial charge in [-0.05, 0) is 30.5 Å². The van der Waals surface area contributed by atoms with Gasteiger partial charge in [0.1, 0.15) is 6.54 Å². The Kier molecular flexibility index (Phi) is 4.57. The van der Waals surface area contributed by atoms with Crippen LogP contribution in [0.3, 0.4) is 0 Å². The van der Waals surface area contributed by atoms with Gasteiger partial charge in [0.05, 0.1) is 0 Å². The molecule has 1 saturated carbocycles. The first-order valence-electron chi connectivity index (χ1n) is 6.81. The van der Waals surface area contributed by atoms with E-state index in [9.17, 15) is 14.4 Å². The van der Waals surface area contributed by atoms with Gasteiger partial charge >= 0.3 is 5.97 Å². The summed E-state index contributed by atoms with van der Waals surface area (Å²) in [7, 11) is 1.44. The minimum absolute atomic E-state index is 0.0799. The van der Waals surface area contributed by atoms with Crippen molar-refractivity contribution in [3.63, 3.8) is 0 Å². The highest BCUT2D eigenvalue weighted by molar-refractivity contribution is 5.95. The first-order chi connectivity index (χ1) is 9.97. The number of nitrogens with zero attached hydrogens (tertiary/aromatic N) is 1. The van der Waals surface area contributed by atoms with Gasteiger partial charge in [-0.15, -0.1) is 0 Å². The van der Waals surface area contributed by atoms with E-state index in [4.69, 9.17) is 5.11 Å². The number of likely N-dealkylation sites (N-methyl/N-ethyl adjacent to an activating group) is 1. The third-order valence-corrected chi connectivity index (χ3v) is 3.33. The zero-order valence-electron chi connectivity index (χ0n) is 11.8. The van der Waals surface area contributed by atoms with Crippen LogP contribution in [0.5, 0.6) is 0 Å². The van der Waals surface area contributed by atoms with E-state index in [-0.39, 0.29) is 24.3 Å². The SMILES string of the molecule is CN(CC(=O)O)C(=O)c1ccc(CNC(=O)C2CC2)cc1. The van der Waals surface area contributed by atoms with Gasteiger partial charge in [0.15, 0.2) is 0 Å². The fraction of sp³-hybridized carbons (Fsp3) is 0.400. The lowest BCUT2D eigenvalue weighted by Crippen LogP contribution is -2.31. The molecule has 1 aliphatic rings. The van der Waals surface area contributed by atoms with Crippen LogP contribution in [0.2, 0.25) is 0 Å². The molecule has 0 bridgehead atoms. The summed E-state index contributed by atoms with van der Waals surface area (Å²) in [6.07, 6.45) is 1.93. The van der Waals surface area contributed by atoms with Crippen molar-refractivity contribution in [3.8, 4) is 0 Å². The highest BCUT2D eigenvalue weighted by Gasteiger charge is 2.29. The van der Waals surface area contributed by atoms with Crippen molar-refractivity contribution in [1.82, 2.24) is 10.2 Å². The van der Waals surface area contributed by atoms with Crippen molar-refractivity contribution in [3.05, 3.63) is 35.4 Å². The number of benzene rings is 1. The standard InChI is InChI=1S/C15H18N2O4/c1-17(9-13(18)19)15(21)12-4-2-10(3-5-12)8-16-14(20)11-6-7-11/h2-5,11H,6-9H2,1H3,(H,16,20)(H,18,19). The van der Waals surface area contributed by atoms with E-state index < -0.39 is 5.97 Å². The Morgan fingerprint density at radius 2 is 1.86 bits per heavy atom. The molecular formula is C15H18N2O4. The van der Waals surface area contributed by atoms with Crippen LogP contribution in [0.4, 0.5) is 0 Å². The van der Waals surface area contributed by atoms with Crippen LogP contribution in [0, 0.1) is 5.92 Å². The summed E-state index contributed by atoms with van der Waals surface area (Å²) in [4.78, 5) is 35.2. The molecule has 1 aliphatic carbocycles. The van der Waals surface area contributed by atoms with Gasteiger partial charge in [-0.2, -0.15) is 0 Å². The Morgan fingerprint density at radius 1 is 1.24 bits per heavy atom. The van der Waals surface area contributed by atoms with Crippen molar-refractivity contribution >= 4 is 17.8 Å². The molecule has 0 spiro atoms. The number of carboxylic acids is 1. The van der Waals surface area contributed by atoms with Crippen LogP contribution in [0.25, 0.3) is 0 Å². The van der Waals surface area contributed by atoms with Crippen molar-refractivity contribution in [2.75, 3.05) is 13.6 Å². The number of aliphatic carboxylic acids is 1. The summed E-state index contributed by atoms with van der Waals surface area (Å²) >= 11 is 0. The third kappa shape index (κ3) is 4.30. The molecule has 1 aromatic rings. The summed E-state index contributed by atoms with van der Waals surface area (Å²) in [5.41, 5.74) is 1.33. The van der Waals surface area contributed by atoms with Crippen LogP contribution in [-0.4, -0.2) is 41.4 Å². The van der Waals surface area contributed by atoms with Gasteiger partial charge in [-0.3, -0.25) is 14.4 Å². The zero-order valence-corrected chi connectivity index (χ0v) is 11.8. The molecule has 0 atom stereocenters. The van der Waals surface area contributed by atoms with Gasteiger partial charge in [0.2, 0.25) is 5.91 Å². The Morgan fingerprint density at radius 3 is 2.38 bits per heavy atom. The second-order valence-corrected chi connectivity index (χ2v) is 5.24. The monoisotopic (exact) mass is 290 g/mol. The summed E-state index contributed by atoms with van der Waals surface area (Å²) in [5.74, 6) is -1.14. The molecule has 6 heteroatoms. The largest absolute Gasteiger partial charge is 0.480 e. The Hall–Kier alpha value is -2.37. The normalized spacial score (nSPS) is 13.6. The predicted molar refractivity (Wildman–Crippen MR) is 75.6 cm³/mol. The van der Waals surface area contributed by atoms with Crippen molar-refractivity contribution in [2.24, 2.45) is 5.92 Å². The lowest BCUT2D eigenvalue weighted by molar-refractivity contribution is -0.137. The fourth-order valence-corrected chi connectivity index (χ4v) is 1.94. The molecule has 2 N–H and O–H groups in total. The Balaban J connectivity index is 1.89. The maximum absolute atomic E-state index is 11.9. The summed E-state index contributed by atoms with van der Waals surface area (Å²) in [5, 5.41) is 11.5. The number of nitrogens with one attached hydrogen (secondary N) is 1. The summed E-state index contributed by atoms with van der Waals surface area (Å²) in [6, 6.07) is 6.79. The molecule has 1 fully saturated rings. The summed E-state index contributed by atoms with van der Waals surface area (Å²) in [6.45, 7) is 0.104. The number of hydrogen-bond acceptors (Lipinski definition) is 3. The van der Waals surface area contributed by atoms with Crippen LogP contribution >= 0.6 is 0 Å². The fourth-order valence-electron chi connectivity index (χ4n) is 1.94. The second-order valence-electron chi connectivity index (χ2n) is 5.24. The third-order valence-electron chi connectivity index (χ3n) is 3.33. The number of amides is 2. The molecule has 2 rings (SSSR count). The minimum Gasteiger partial charge on any atom is -0.480 e. The maximum Gasteiger partial charge on any atom is 0.323 e. The number of hydrogen-bond donors (Lipinski definition) is 2. The number of carboxylic acid groups (broad SMARTS) is 1. The van der Waals surface area contributed by atoms with Gasteiger partial charge in [-0.25, -0.2) is 0 Å².